The number of aryl methyl sites for hydroxylation is 1. The Morgan fingerprint density at radius 2 is 1.88 bits per heavy atom. The highest BCUT2D eigenvalue weighted by Gasteiger charge is 2.17. The van der Waals surface area contributed by atoms with Gasteiger partial charge in [-0.2, -0.15) is 4.98 Å². The van der Waals surface area contributed by atoms with Gasteiger partial charge in [0.15, 0.2) is 11.5 Å². The molecule has 0 saturated carbocycles. The molecule has 0 fully saturated rings. The number of nitrogens with one attached hydrogen (secondary N) is 1. The summed E-state index contributed by atoms with van der Waals surface area (Å²) in [7, 11) is 3.01. The minimum Gasteiger partial charge on any atom is -0.493 e. The largest absolute Gasteiger partial charge is 0.493 e. The number of nitrogens with zero attached hydrogens (tertiary/aromatic N) is 2. The van der Waals surface area contributed by atoms with Crippen LogP contribution in [0.25, 0.3) is 11.4 Å². The minimum absolute atomic E-state index is 0.109. The summed E-state index contributed by atoms with van der Waals surface area (Å²) in [6.07, 6.45) is 0. The van der Waals surface area contributed by atoms with Crippen LogP contribution in [0.5, 0.6) is 11.5 Å². The van der Waals surface area contributed by atoms with Crippen molar-refractivity contribution in [2.24, 2.45) is 0 Å². The first-order valence-electron chi connectivity index (χ1n) is 8.01. The van der Waals surface area contributed by atoms with Crippen molar-refractivity contribution >= 4 is 5.91 Å². The van der Waals surface area contributed by atoms with Crippen molar-refractivity contribution in [3.8, 4) is 22.9 Å². The van der Waals surface area contributed by atoms with Gasteiger partial charge in [0.1, 0.15) is 0 Å². The highest BCUT2D eigenvalue weighted by atomic mass is 16.5. The lowest BCUT2D eigenvalue weighted by Crippen LogP contribution is -2.23. The quantitative estimate of drug-likeness (QED) is 0.733. The molecule has 1 aromatic heterocycles. The molecule has 3 rings (SSSR count). The number of carbonyl (C=O) groups is 1. The van der Waals surface area contributed by atoms with Crippen LogP contribution in [0.1, 0.15) is 21.8 Å². The number of aromatic nitrogens is 2. The summed E-state index contributed by atoms with van der Waals surface area (Å²) in [6.45, 7) is 2.12. The average Bonchev–Trinajstić information content (AvgIpc) is 3.14. The van der Waals surface area contributed by atoms with Crippen molar-refractivity contribution in [2.45, 2.75) is 13.5 Å². The number of benzene rings is 2. The number of methoxy groups -OCH3 is 2. The molecule has 2 aromatic carbocycles. The molecule has 1 N–H and O–H groups in total. The van der Waals surface area contributed by atoms with E-state index in [0.717, 1.165) is 11.1 Å². The molecule has 1 amide bonds. The van der Waals surface area contributed by atoms with E-state index < -0.39 is 0 Å². The first-order valence-corrected chi connectivity index (χ1v) is 8.01. The molecule has 0 bridgehead atoms. The Balaban J connectivity index is 1.70. The van der Waals surface area contributed by atoms with Crippen molar-refractivity contribution in [1.82, 2.24) is 15.5 Å². The summed E-state index contributed by atoms with van der Waals surface area (Å²) in [4.78, 5) is 16.7. The first-order chi connectivity index (χ1) is 12.6. The molecule has 1 heterocycles. The normalized spacial score (nSPS) is 10.4. The van der Waals surface area contributed by atoms with Crippen molar-refractivity contribution in [3.63, 3.8) is 0 Å². The third-order valence-corrected chi connectivity index (χ3v) is 3.83. The maximum atomic E-state index is 12.4. The van der Waals surface area contributed by atoms with Gasteiger partial charge in [-0.15, -0.1) is 0 Å². The average molecular weight is 353 g/mol. The molecular formula is C19H19N3O4. The van der Waals surface area contributed by atoms with Crippen LogP contribution in [0, 0.1) is 6.92 Å². The molecule has 0 unspecified atom stereocenters. The zero-order valence-corrected chi connectivity index (χ0v) is 14.8. The third kappa shape index (κ3) is 3.66. The number of ether oxygens (including phenoxy) is 2. The molecule has 0 atom stereocenters. The molecule has 7 nitrogen and oxygen atoms in total. The van der Waals surface area contributed by atoms with Crippen LogP contribution < -0.4 is 14.8 Å². The van der Waals surface area contributed by atoms with E-state index in [-0.39, 0.29) is 12.5 Å². The lowest BCUT2D eigenvalue weighted by molar-refractivity contribution is 0.0942. The zero-order chi connectivity index (χ0) is 18.5. The summed E-state index contributed by atoms with van der Waals surface area (Å²) < 4.78 is 15.7. The second kappa shape index (κ2) is 7.69. The van der Waals surface area contributed by atoms with Gasteiger partial charge in [-0.3, -0.25) is 4.79 Å². The van der Waals surface area contributed by atoms with E-state index in [1.165, 1.54) is 14.2 Å². The lowest BCUT2D eigenvalue weighted by atomic mass is 10.1. The molecule has 0 saturated heterocycles. The van der Waals surface area contributed by atoms with E-state index in [9.17, 15) is 4.79 Å². The van der Waals surface area contributed by atoms with Crippen molar-refractivity contribution in [3.05, 3.63) is 59.5 Å². The van der Waals surface area contributed by atoms with Crippen LogP contribution in [0.3, 0.4) is 0 Å². The van der Waals surface area contributed by atoms with Crippen LogP contribution in [0.15, 0.2) is 47.0 Å². The fourth-order valence-electron chi connectivity index (χ4n) is 2.46. The summed E-state index contributed by atoms with van der Waals surface area (Å²) in [6, 6.07) is 12.9. The van der Waals surface area contributed by atoms with E-state index in [1.54, 1.807) is 18.2 Å². The topological polar surface area (TPSA) is 86.5 Å². The van der Waals surface area contributed by atoms with Gasteiger partial charge in [0.2, 0.25) is 11.7 Å². The Kier molecular flexibility index (Phi) is 5.17. The maximum absolute atomic E-state index is 12.4. The Morgan fingerprint density at radius 3 is 2.58 bits per heavy atom. The Hall–Kier alpha value is -3.35. The number of hydrogen-bond acceptors (Lipinski definition) is 6. The summed E-state index contributed by atoms with van der Waals surface area (Å²) in [5.41, 5.74) is 2.37. The van der Waals surface area contributed by atoms with Gasteiger partial charge in [-0.05, 0) is 19.1 Å². The predicted octanol–water partition coefficient (Wildman–Crippen LogP) is 2.99. The first kappa shape index (κ1) is 17.5. The molecule has 26 heavy (non-hydrogen) atoms. The molecular weight excluding hydrogens is 334 g/mol. The van der Waals surface area contributed by atoms with Gasteiger partial charge >= 0.3 is 0 Å². The number of carbonyl (C=O) groups excluding carboxylic acids is 1. The Labute approximate surface area is 150 Å². The minimum atomic E-state index is -0.323. The van der Waals surface area contributed by atoms with Crippen molar-refractivity contribution in [2.75, 3.05) is 14.2 Å². The smallest absolute Gasteiger partial charge is 0.255 e. The molecule has 0 radical (unpaired) electrons. The van der Waals surface area contributed by atoms with Crippen LogP contribution in [0.2, 0.25) is 0 Å². The second-order valence-corrected chi connectivity index (χ2v) is 5.60. The van der Waals surface area contributed by atoms with Crippen LogP contribution in [-0.4, -0.2) is 30.3 Å². The van der Waals surface area contributed by atoms with Gasteiger partial charge in [0, 0.05) is 5.56 Å². The fraction of sp³-hybridized carbons (Fsp3) is 0.211. The van der Waals surface area contributed by atoms with Crippen LogP contribution in [0.4, 0.5) is 0 Å². The summed E-state index contributed by atoms with van der Waals surface area (Å²) >= 11 is 0. The summed E-state index contributed by atoms with van der Waals surface area (Å²) in [5.74, 6) is 1.33. The third-order valence-electron chi connectivity index (χ3n) is 3.83. The van der Waals surface area contributed by atoms with Crippen molar-refractivity contribution < 1.29 is 18.8 Å². The van der Waals surface area contributed by atoms with Gasteiger partial charge in [-0.25, -0.2) is 0 Å². The van der Waals surface area contributed by atoms with Gasteiger partial charge in [-0.1, -0.05) is 41.1 Å². The SMILES string of the molecule is COc1cccc(C(=O)NCc2nc(-c3ccc(C)cc3)no2)c1OC. The van der Waals surface area contributed by atoms with E-state index in [1.807, 2.05) is 31.2 Å². The number of rotatable bonds is 6. The Bertz CT molecular complexity index is 903. The molecule has 134 valence electrons. The lowest BCUT2D eigenvalue weighted by Gasteiger charge is -2.11. The molecule has 7 heteroatoms. The van der Waals surface area contributed by atoms with E-state index in [2.05, 4.69) is 15.5 Å². The van der Waals surface area contributed by atoms with Crippen LogP contribution in [-0.2, 0) is 6.54 Å². The van der Waals surface area contributed by atoms with Gasteiger partial charge in [0.25, 0.3) is 5.91 Å². The van der Waals surface area contributed by atoms with E-state index in [4.69, 9.17) is 14.0 Å². The van der Waals surface area contributed by atoms with Crippen LogP contribution >= 0.6 is 0 Å². The van der Waals surface area contributed by atoms with Gasteiger partial charge in [0.05, 0.1) is 26.3 Å². The molecule has 0 spiro atoms. The Morgan fingerprint density at radius 1 is 1.12 bits per heavy atom. The second-order valence-electron chi connectivity index (χ2n) is 5.60. The maximum Gasteiger partial charge on any atom is 0.255 e. The summed E-state index contributed by atoms with van der Waals surface area (Å²) in [5, 5.41) is 6.69. The zero-order valence-electron chi connectivity index (χ0n) is 14.8. The standard InChI is InChI=1S/C19H19N3O4/c1-12-7-9-13(10-8-12)18-21-16(26-22-18)11-20-19(23)14-5-4-6-15(24-2)17(14)25-3/h4-10H,11H2,1-3H3,(H,20,23). The van der Waals surface area contributed by atoms with Gasteiger partial charge < -0.3 is 19.3 Å². The molecule has 3 aromatic rings. The van der Waals surface area contributed by atoms with E-state index >= 15 is 0 Å². The number of amides is 1. The van der Waals surface area contributed by atoms with Crippen molar-refractivity contribution in [1.29, 1.82) is 0 Å². The molecule has 0 aliphatic rings. The fourth-order valence-corrected chi connectivity index (χ4v) is 2.46. The number of hydrogen-bond donors (Lipinski definition) is 1. The molecule has 0 aliphatic heterocycles. The highest BCUT2D eigenvalue weighted by Crippen LogP contribution is 2.30. The predicted molar refractivity (Wildman–Crippen MR) is 95.2 cm³/mol. The van der Waals surface area contributed by atoms with E-state index in [0.29, 0.717) is 28.8 Å². The highest BCUT2D eigenvalue weighted by molar-refractivity contribution is 5.97. The number of para-hydroxylation sites is 1. The molecule has 0 aliphatic carbocycles. The monoisotopic (exact) mass is 353 g/mol.